The summed E-state index contributed by atoms with van der Waals surface area (Å²) < 4.78 is 26.2. The molecule has 2 N–H and O–H groups in total. The first-order valence-corrected chi connectivity index (χ1v) is 9.41. The molecular weight excluding hydrogens is 328 g/mol. The molecule has 1 heterocycles. The minimum atomic E-state index is -3.23. The van der Waals surface area contributed by atoms with E-state index in [1.807, 2.05) is 30.5 Å². The predicted molar refractivity (Wildman–Crippen MR) is 90.9 cm³/mol. The molecule has 4 nitrogen and oxygen atoms in total. The molecule has 1 unspecified atom stereocenters. The van der Waals surface area contributed by atoms with Gasteiger partial charge in [-0.15, -0.1) is 11.3 Å². The van der Waals surface area contributed by atoms with Gasteiger partial charge in [0.25, 0.3) is 0 Å². The molecule has 0 aliphatic carbocycles. The van der Waals surface area contributed by atoms with Crippen molar-refractivity contribution in [3.05, 3.63) is 45.6 Å². The molecule has 0 saturated heterocycles. The number of nitrogens with one attached hydrogen (secondary N) is 2. The molecule has 0 radical (unpaired) electrons. The van der Waals surface area contributed by atoms with Crippen molar-refractivity contribution in [1.29, 1.82) is 0 Å². The molecule has 0 aliphatic heterocycles. The number of thiophene rings is 1. The highest BCUT2D eigenvalue weighted by Crippen LogP contribution is 2.27. The molecule has 1 aromatic heterocycles. The van der Waals surface area contributed by atoms with Crippen molar-refractivity contribution >= 4 is 44.3 Å². The van der Waals surface area contributed by atoms with Crippen LogP contribution in [0.3, 0.4) is 0 Å². The second-order valence-electron chi connectivity index (χ2n) is 4.63. The Labute approximate surface area is 134 Å². The van der Waals surface area contributed by atoms with E-state index in [0.29, 0.717) is 5.69 Å². The number of rotatable bonds is 6. The molecule has 0 fully saturated rings. The van der Waals surface area contributed by atoms with Gasteiger partial charge in [-0.05, 0) is 55.1 Å². The predicted octanol–water partition coefficient (Wildman–Crippen LogP) is 4.34. The van der Waals surface area contributed by atoms with E-state index in [4.69, 9.17) is 11.6 Å². The largest absolute Gasteiger partial charge is 0.378 e. The lowest BCUT2D eigenvalue weighted by molar-refractivity contribution is 0.602. The van der Waals surface area contributed by atoms with Crippen molar-refractivity contribution < 1.29 is 8.42 Å². The van der Waals surface area contributed by atoms with Crippen LogP contribution in [0, 0.1) is 0 Å². The van der Waals surface area contributed by atoms with E-state index in [1.54, 1.807) is 19.1 Å². The fourth-order valence-electron chi connectivity index (χ4n) is 1.77. The third-order valence-corrected chi connectivity index (χ3v) is 5.43. The van der Waals surface area contributed by atoms with Crippen molar-refractivity contribution in [2.45, 2.75) is 19.9 Å². The summed E-state index contributed by atoms with van der Waals surface area (Å²) in [6, 6.07) is 9.24. The molecule has 0 spiro atoms. The van der Waals surface area contributed by atoms with Crippen molar-refractivity contribution in [3.63, 3.8) is 0 Å². The highest BCUT2D eigenvalue weighted by Gasteiger charge is 2.09. The molecule has 2 rings (SSSR count). The molecule has 7 heteroatoms. The third kappa shape index (κ3) is 4.62. The van der Waals surface area contributed by atoms with Crippen molar-refractivity contribution in [1.82, 2.24) is 0 Å². The van der Waals surface area contributed by atoms with E-state index in [0.717, 1.165) is 15.6 Å². The van der Waals surface area contributed by atoms with Gasteiger partial charge in [-0.1, -0.05) is 11.6 Å². The van der Waals surface area contributed by atoms with Crippen LogP contribution in [-0.2, 0) is 10.0 Å². The molecule has 0 saturated carbocycles. The number of sulfonamides is 1. The van der Waals surface area contributed by atoms with Gasteiger partial charge in [0.15, 0.2) is 0 Å². The monoisotopic (exact) mass is 344 g/mol. The molecule has 1 aromatic carbocycles. The first kappa shape index (κ1) is 16.1. The second kappa shape index (κ2) is 6.68. The maximum atomic E-state index is 11.5. The number of hydrogen-bond donors (Lipinski definition) is 2. The van der Waals surface area contributed by atoms with E-state index in [9.17, 15) is 8.42 Å². The first-order chi connectivity index (χ1) is 9.89. The Morgan fingerprint density at radius 3 is 2.38 bits per heavy atom. The molecule has 0 aliphatic rings. The van der Waals surface area contributed by atoms with Crippen LogP contribution >= 0.6 is 22.9 Å². The van der Waals surface area contributed by atoms with Crippen molar-refractivity contribution in [2.24, 2.45) is 0 Å². The second-order valence-corrected chi connectivity index (χ2v) is 8.19. The van der Waals surface area contributed by atoms with Crippen LogP contribution in [0.25, 0.3) is 0 Å². The summed E-state index contributed by atoms with van der Waals surface area (Å²) in [6.45, 7) is 3.65. The summed E-state index contributed by atoms with van der Waals surface area (Å²) in [6.07, 6.45) is 0. The molecule has 2 aromatic rings. The van der Waals surface area contributed by atoms with Gasteiger partial charge < -0.3 is 5.32 Å². The Morgan fingerprint density at radius 1 is 1.24 bits per heavy atom. The van der Waals surface area contributed by atoms with Crippen LogP contribution in [0.4, 0.5) is 11.4 Å². The zero-order valence-electron chi connectivity index (χ0n) is 11.8. The van der Waals surface area contributed by atoms with Gasteiger partial charge in [-0.3, -0.25) is 4.72 Å². The lowest BCUT2D eigenvalue weighted by atomic mass is 10.1. The van der Waals surface area contributed by atoms with Gasteiger partial charge in [0.1, 0.15) is 0 Å². The quantitative estimate of drug-likeness (QED) is 0.819. The average Bonchev–Trinajstić information content (AvgIpc) is 2.87. The van der Waals surface area contributed by atoms with E-state index >= 15 is 0 Å². The topological polar surface area (TPSA) is 58.2 Å². The lowest BCUT2D eigenvalue weighted by Crippen LogP contribution is -2.14. The summed E-state index contributed by atoms with van der Waals surface area (Å²) in [7, 11) is -3.23. The minimum absolute atomic E-state index is 0.0585. The van der Waals surface area contributed by atoms with Crippen molar-refractivity contribution in [2.75, 3.05) is 15.8 Å². The van der Waals surface area contributed by atoms with E-state index in [-0.39, 0.29) is 11.8 Å². The average molecular weight is 345 g/mol. The SMILES string of the molecule is CCS(=O)(=O)Nc1ccc(NC(C)c2csc(Cl)c2)cc1. The van der Waals surface area contributed by atoms with Crippen molar-refractivity contribution in [3.8, 4) is 0 Å². The summed E-state index contributed by atoms with van der Waals surface area (Å²) >= 11 is 7.43. The Hall–Kier alpha value is -1.24. The van der Waals surface area contributed by atoms with Gasteiger partial charge in [0.05, 0.1) is 10.1 Å². The first-order valence-electron chi connectivity index (χ1n) is 6.50. The fraction of sp³-hybridized carbons (Fsp3) is 0.286. The Bertz CT molecular complexity index is 696. The number of anilines is 2. The zero-order valence-corrected chi connectivity index (χ0v) is 14.1. The molecule has 1 atom stereocenters. The van der Waals surface area contributed by atoms with Gasteiger partial charge in [-0.2, -0.15) is 0 Å². The van der Waals surface area contributed by atoms with Crippen LogP contribution in [0.1, 0.15) is 25.5 Å². The zero-order chi connectivity index (χ0) is 15.5. The Morgan fingerprint density at radius 2 is 1.86 bits per heavy atom. The normalized spacial score (nSPS) is 12.9. The molecule has 0 bridgehead atoms. The molecule has 21 heavy (non-hydrogen) atoms. The van der Waals surface area contributed by atoms with Gasteiger partial charge in [0.2, 0.25) is 10.0 Å². The van der Waals surface area contributed by atoms with Gasteiger partial charge in [0, 0.05) is 17.4 Å². The maximum absolute atomic E-state index is 11.5. The summed E-state index contributed by atoms with van der Waals surface area (Å²) in [4.78, 5) is 0. The third-order valence-electron chi connectivity index (χ3n) is 3.01. The summed E-state index contributed by atoms with van der Waals surface area (Å²) in [5, 5.41) is 5.36. The maximum Gasteiger partial charge on any atom is 0.232 e. The standard InChI is InChI=1S/C14H17ClN2O2S2/c1-3-21(18,19)17-13-6-4-12(5-7-13)16-10(2)11-8-14(15)20-9-11/h4-10,16-17H,3H2,1-2H3. The number of benzene rings is 1. The van der Waals surface area contributed by atoms with E-state index < -0.39 is 10.0 Å². The lowest BCUT2D eigenvalue weighted by Gasteiger charge is -2.14. The molecular formula is C14H17ClN2O2S2. The van der Waals surface area contributed by atoms with Crippen LogP contribution in [-0.4, -0.2) is 14.2 Å². The molecule has 114 valence electrons. The Kier molecular flexibility index (Phi) is 5.13. The van der Waals surface area contributed by atoms with Crippen LogP contribution in [0.15, 0.2) is 35.7 Å². The minimum Gasteiger partial charge on any atom is -0.378 e. The fourth-order valence-corrected chi connectivity index (χ4v) is 3.39. The van der Waals surface area contributed by atoms with E-state index in [1.165, 1.54) is 11.3 Å². The summed E-state index contributed by atoms with van der Waals surface area (Å²) in [5.41, 5.74) is 2.61. The number of halogens is 1. The highest BCUT2D eigenvalue weighted by atomic mass is 35.5. The smallest absolute Gasteiger partial charge is 0.232 e. The Balaban J connectivity index is 2.02. The number of hydrogen-bond acceptors (Lipinski definition) is 4. The summed E-state index contributed by atoms with van der Waals surface area (Å²) in [5.74, 6) is 0.0585. The van der Waals surface area contributed by atoms with E-state index in [2.05, 4.69) is 10.0 Å². The van der Waals surface area contributed by atoms with Crippen LogP contribution in [0.5, 0.6) is 0 Å². The van der Waals surface area contributed by atoms with Gasteiger partial charge in [-0.25, -0.2) is 8.42 Å². The van der Waals surface area contributed by atoms with Crippen LogP contribution < -0.4 is 10.0 Å². The van der Waals surface area contributed by atoms with Crippen LogP contribution in [0.2, 0.25) is 4.34 Å². The molecule has 0 amide bonds. The highest BCUT2D eigenvalue weighted by molar-refractivity contribution is 7.92. The van der Waals surface area contributed by atoms with Gasteiger partial charge >= 0.3 is 0 Å².